The molecular weight excluding hydrogens is 306 g/mol. The third kappa shape index (κ3) is 3.28. The summed E-state index contributed by atoms with van der Waals surface area (Å²) < 4.78 is 0. The Hall–Kier alpha value is -1.93. The van der Waals surface area contributed by atoms with Crippen molar-refractivity contribution in [3.05, 3.63) is 71.8 Å². The van der Waals surface area contributed by atoms with Gasteiger partial charge in [-0.25, -0.2) is 0 Å². The van der Waals surface area contributed by atoms with E-state index in [2.05, 4.69) is 59.5 Å². The van der Waals surface area contributed by atoms with E-state index in [1.807, 2.05) is 6.07 Å². The monoisotopic (exact) mass is 333 g/mol. The van der Waals surface area contributed by atoms with E-state index in [4.69, 9.17) is 0 Å². The largest absolute Gasteiger partial charge is 0.303 e. The summed E-state index contributed by atoms with van der Waals surface area (Å²) in [5.74, 6) is 1.87. The average Bonchev–Trinajstić information content (AvgIpc) is 3.43. The standard InChI is InChI=1S/C23H27NO/c1-18(25)23(21-10-6-3-7-11-21)12-14-24(15-13-23)17-20-16-22(20)19-8-4-2-5-9-19/h2-11,20,22H,12-17H2,1H3/t20-,22+/m0/s1. The number of piperidine rings is 1. The van der Waals surface area contributed by atoms with E-state index in [9.17, 15) is 4.79 Å². The number of likely N-dealkylation sites (tertiary alicyclic amines) is 1. The molecule has 0 amide bonds. The minimum Gasteiger partial charge on any atom is -0.303 e. The molecule has 2 aromatic rings. The minimum absolute atomic E-state index is 0.264. The van der Waals surface area contributed by atoms with Gasteiger partial charge >= 0.3 is 0 Å². The van der Waals surface area contributed by atoms with Gasteiger partial charge in [-0.2, -0.15) is 0 Å². The van der Waals surface area contributed by atoms with Gasteiger partial charge in [0.05, 0.1) is 5.41 Å². The minimum atomic E-state index is -0.264. The molecule has 4 rings (SSSR count). The zero-order chi connectivity index (χ0) is 17.3. The van der Waals surface area contributed by atoms with Gasteiger partial charge in [0.25, 0.3) is 0 Å². The summed E-state index contributed by atoms with van der Waals surface area (Å²) in [7, 11) is 0. The van der Waals surface area contributed by atoms with Crippen LogP contribution in [-0.2, 0) is 10.2 Å². The molecule has 0 radical (unpaired) electrons. The quantitative estimate of drug-likeness (QED) is 0.807. The fourth-order valence-corrected chi connectivity index (χ4v) is 4.61. The van der Waals surface area contributed by atoms with Crippen LogP contribution in [0.5, 0.6) is 0 Å². The molecule has 1 heterocycles. The lowest BCUT2D eigenvalue weighted by molar-refractivity contribution is -0.124. The molecule has 130 valence electrons. The highest BCUT2D eigenvalue weighted by Crippen LogP contribution is 2.48. The molecule has 2 nitrogen and oxygen atoms in total. The van der Waals surface area contributed by atoms with Gasteiger partial charge in [-0.3, -0.25) is 4.79 Å². The van der Waals surface area contributed by atoms with Gasteiger partial charge in [0, 0.05) is 6.54 Å². The molecule has 1 saturated carbocycles. The van der Waals surface area contributed by atoms with Gasteiger partial charge in [-0.15, -0.1) is 0 Å². The Balaban J connectivity index is 1.38. The van der Waals surface area contributed by atoms with Crippen molar-refractivity contribution in [2.75, 3.05) is 19.6 Å². The number of ketones is 1. The molecule has 25 heavy (non-hydrogen) atoms. The van der Waals surface area contributed by atoms with Crippen LogP contribution in [-0.4, -0.2) is 30.3 Å². The van der Waals surface area contributed by atoms with Gasteiger partial charge < -0.3 is 4.90 Å². The molecule has 1 saturated heterocycles. The van der Waals surface area contributed by atoms with Crippen LogP contribution >= 0.6 is 0 Å². The zero-order valence-corrected chi connectivity index (χ0v) is 15.0. The highest BCUT2D eigenvalue weighted by molar-refractivity contribution is 5.88. The second-order valence-electron chi connectivity index (χ2n) is 7.82. The summed E-state index contributed by atoms with van der Waals surface area (Å²) in [4.78, 5) is 15.1. The maximum Gasteiger partial charge on any atom is 0.140 e. The van der Waals surface area contributed by atoms with E-state index in [-0.39, 0.29) is 5.41 Å². The molecule has 2 fully saturated rings. The Labute approximate surface area is 150 Å². The average molecular weight is 333 g/mol. The molecular formula is C23H27NO. The van der Waals surface area contributed by atoms with E-state index in [1.54, 1.807) is 6.92 Å². The van der Waals surface area contributed by atoms with Crippen molar-refractivity contribution in [2.45, 2.75) is 37.5 Å². The number of hydrogen-bond acceptors (Lipinski definition) is 2. The lowest BCUT2D eigenvalue weighted by Crippen LogP contribution is -2.47. The van der Waals surface area contributed by atoms with Crippen LogP contribution in [0.3, 0.4) is 0 Å². The topological polar surface area (TPSA) is 20.3 Å². The summed E-state index contributed by atoms with van der Waals surface area (Å²) in [5.41, 5.74) is 2.43. The van der Waals surface area contributed by atoms with E-state index < -0.39 is 0 Å². The van der Waals surface area contributed by atoms with Crippen molar-refractivity contribution < 1.29 is 4.79 Å². The Bertz CT molecular complexity index is 716. The Kier molecular flexibility index (Phi) is 4.47. The first-order chi connectivity index (χ1) is 12.2. The predicted octanol–water partition coefficient (Wildman–Crippen LogP) is 4.41. The molecule has 0 spiro atoms. The first-order valence-corrected chi connectivity index (χ1v) is 9.53. The first-order valence-electron chi connectivity index (χ1n) is 9.53. The first kappa shape index (κ1) is 16.5. The molecule has 0 aromatic heterocycles. The van der Waals surface area contributed by atoms with E-state index in [0.29, 0.717) is 5.78 Å². The van der Waals surface area contributed by atoms with Crippen LogP contribution in [0.15, 0.2) is 60.7 Å². The maximum absolute atomic E-state index is 12.5. The van der Waals surface area contributed by atoms with Crippen LogP contribution in [0.4, 0.5) is 0 Å². The number of rotatable bonds is 5. The van der Waals surface area contributed by atoms with Crippen LogP contribution in [0.2, 0.25) is 0 Å². The van der Waals surface area contributed by atoms with Crippen molar-refractivity contribution in [3.63, 3.8) is 0 Å². The second kappa shape index (κ2) is 6.76. The van der Waals surface area contributed by atoms with Crippen molar-refractivity contribution in [1.29, 1.82) is 0 Å². The van der Waals surface area contributed by atoms with Crippen LogP contribution < -0.4 is 0 Å². The predicted molar refractivity (Wildman–Crippen MR) is 102 cm³/mol. The summed E-state index contributed by atoms with van der Waals surface area (Å²) >= 11 is 0. The molecule has 2 atom stereocenters. The Morgan fingerprint density at radius 2 is 1.60 bits per heavy atom. The van der Waals surface area contributed by atoms with Crippen molar-refractivity contribution >= 4 is 5.78 Å². The van der Waals surface area contributed by atoms with Crippen molar-refractivity contribution in [1.82, 2.24) is 4.90 Å². The van der Waals surface area contributed by atoms with Gasteiger partial charge in [0.2, 0.25) is 0 Å². The van der Waals surface area contributed by atoms with E-state index >= 15 is 0 Å². The molecule has 0 N–H and O–H groups in total. The Morgan fingerprint density at radius 1 is 1.00 bits per heavy atom. The second-order valence-corrected chi connectivity index (χ2v) is 7.82. The fourth-order valence-electron chi connectivity index (χ4n) is 4.61. The fraction of sp³-hybridized carbons (Fsp3) is 0.435. The number of hydrogen-bond donors (Lipinski definition) is 0. The normalized spacial score (nSPS) is 25.5. The molecule has 2 heteroatoms. The molecule has 1 aliphatic carbocycles. The zero-order valence-electron chi connectivity index (χ0n) is 15.0. The lowest BCUT2D eigenvalue weighted by atomic mass is 9.70. The molecule has 2 aromatic carbocycles. The highest BCUT2D eigenvalue weighted by Gasteiger charge is 2.43. The van der Waals surface area contributed by atoms with Crippen LogP contribution in [0, 0.1) is 5.92 Å². The number of carbonyl (C=O) groups is 1. The van der Waals surface area contributed by atoms with E-state index in [0.717, 1.165) is 37.8 Å². The third-order valence-electron chi connectivity index (χ3n) is 6.35. The molecule has 1 aliphatic heterocycles. The number of benzene rings is 2. The maximum atomic E-state index is 12.5. The molecule has 2 aliphatic rings. The van der Waals surface area contributed by atoms with E-state index in [1.165, 1.54) is 24.1 Å². The lowest BCUT2D eigenvalue weighted by Gasteiger charge is -2.40. The van der Waals surface area contributed by atoms with Crippen LogP contribution in [0.25, 0.3) is 0 Å². The summed E-state index contributed by atoms with van der Waals surface area (Å²) in [6, 6.07) is 21.3. The highest BCUT2D eigenvalue weighted by atomic mass is 16.1. The third-order valence-corrected chi connectivity index (χ3v) is 6.35. The van der Waals surface area contributed by atoms with Crippen molar-refractivity contribution in [2.24, 2.45) is 5.92 Å². The summed E-state index contributed by atoms with van der Waals surface area (Å²) in [6.45, 7) is 5.02. The number of carbonyl (C=O) groups excluding carboxylic acids is 1. The van der Waals surface area contributed by atoms with Crippen LogP contribution in [0.1, 0.15) is 43.2 Å². The Morgan fingerprint density at radius 3 is 2.20 bits per heavy atom. The van der Waals surface area contributed by atoms with Gasteiger partial charge in [-0.1, -0.05) is 60.7 Å². The SMILES string of the molecule is CC(=O)C1(c2ccccc2)CCN(C[C@@H]2C[C@@H]2c2ccccc2)CC1. The summed E-state index contributed by atoms with van der Waals surface area (Å²) in [6.07, 6.45) is 3.22. The van der Waals surface area contributed by atoms with Gasteiger partial charge in [0.1, 0.15) is 5.78 Å². The molecule has 0 unspecified atom stereocenters. The van der Waals surface area contributed by atoms with Crippen molar-refractivity contribution in [3.8, 4) is 0 Å². The van der Waals surface area contributed by atoms with Gasteiger partial charge in [0.15, 0.2) is 0 Å². The molecule has 0 bridgehead atoms. The van der Waals surface area contributed by atoms with Gasteiger partial charge in [-0.05, 0) is 62.2 Å². The number of nitrogens with zero attached hydrogens (tertiary/aromatic N) is 1. The smallest absolute Gasteiger partial charge is 0.140 e. The number of Topliss-reactive ketones (excluding diaryl/α,β-unsaturated/α-hetero) is 1. The summed E-state index contributed by atoms with van der Waals surface area (Å²) in [5, 5.41) is 0.